The summed E-state index contributed by atoms with van der Waals surface area (Å²) >= 11 is 0. The maximum atomic E-state index is 12.6. The van der Waals surface area contributed by atoms with Gasteiger partial charge in [0.15, 0.2) is 0 Å². The number of carbonyl (C=O) groups excluding carboxylic acids is 1. The molecule has 32 heavy (non-hydrogen) atoms. The summed E-state index contributed by atoms with van der Waals surface area (Å²) in [6, 6.07) is 12.3. The summed E-state index contributed by atoms with van der Waals surface area (Å²) in [7, 11) is -5.41. The lowest BCUT2D eigenvalue weighted by Gasteiger charge is -2.27. The minimum absolute atomic E-state index is 0.136. The van der Waals surface area contributed by atoms with E-state index in [0.717, 1.165) is 37.4 Å². The van der Waals surface area contributed by atoms with Crippen LogP contribution in [0.5, 0.6) is 11.5 Å². The fourth-order valence-corrected chi connectivity index (χ4v) is 4.03. The smallest absolute Gasteiger partial charge is 0.457 e. The second-order valence-corrected chi connectivity index (χ2v) is 9.06. The van der Waals surface area contributed by atoms with E-state index < -0.39 is 20.2 Å². The zero-order chi connectivity index (χ0) is 22.9. The van der Waals surface area contributed by atoms with Gasteiger partial charge in [0, 0.05) is 31.6 Å². The Hall–Kier alpha value is -3.18. The largest absolute Gasteiger partial charge is 0.501 e. The molecule has 0 bridgehead atoms. The number of benzene rings is 2. The van der Waals surface area contributed by atoms with Crippen molar-refractivity contribution < 1.29 is 31.1 Å². The van der Waals surface area contributed by atoms with Gasteiger partial charge >= 0.3 is 5.51 Å². The molecule has 0 aliphatic carbocycles. The van der Waals surface area contributed by atoms with Crippen LogP contribution >= 0.6 is 0 Å². The molecule has 1 saturated heterocycles. The van der Waals surface area contributed by atoms with Crippen molar-refractivity contribution in [2.75, 3.05) is 26.2 Å². The molecule has 11 heteroatoms. The number of nitrogens with one attached hydrogen (secondary N) is 1. The molecule has 4 rings (SSSR count). The van der Waals surface area contributed by atoms with Crippen LogP contribution in [0.3, 0.4) is 0 Å². The first kappa shape index (κ1) is 22.0. The van der Waals surface area contributed by atoms with Gasteiger partial charge in [0.25, 0.3) is 15.7 Å². The van der Waals surface area contributed by atoms with Crippen molar-refractivity contribution in [2.45, 2.75) is 10.4 Å². The minimum atomic E-state index is -5.41. The normalized spacial score (nSPS) is 15.0. The number of nitrogens with zero attached hydrogens (tertiary/aromatic N) is 2. The fourth-order valence-electron chi connectivity index (χ4n) is 3.27. The molecule has 0 unspecified atom stereocenters. The number of amides is 1. The van der Waals surface area contributed by atoms with Crippen molar-refractivity contribution in [1.29, 1.82) is 0 Å². The van der Waals surface area contributed by atoms with Gasteiger partial charge < -0.3 is 15.0 Å². The lowest BCUT2D eigenvalue weighted by atomic mass is 10.2. The molecule has 3 aromatic rings. The van der Waals surface area contributed by atoms with Crippen LogP contribution in [0.25, 0.3) is 10.9 Å². The van der Waals surface area contributed by atoms with E-state index in [9.17, 15) is 26.4 Å². The van der Waals surface area contributed by atoms with Crippen molar-refractivity contribution in [3.05, 3.63) is 60.3 Å². The number of sulfone groups is 1. The Morgan fingerprint density at radius 3 is 2.28 bits per heavy atom. The molecule has 0 atom stereocenters. The number of pyridine rings is 1. The first-order valence-electron chi connectivity index (χ1n) is 9.65. The summed E-state index contributed by atoms with van der Waals surface area (Å²) < 4.78 is 66.5. The number of ether oxygens (including phenoxy) is 1. The molecular formula is C21H18F3N3O4S. The summed E-state index contributed by atoms with van der Waals surface area (Å²) in [5.74, 6) is 0.415. The Kier molecular flexibility index (Phi) is 5.78. The van der Waals surface area contributed by atoms with Gasteiger partial charge in [-0.3, -0.25) is 4.79 Å². The third kappa shape index (κ3) is 4.39. The number of aromatic nitrogens is 1. The number of hydrogen-bond acceptors (Lipinski definition) is 6. The van der Waals surface area contributed by atoms with Crippen molar-refractivity contribution in [2.24, 2.45) is 0 Å². The zero-order valence-corrected chi connectivity index (χ0v) is 17.4. The van der Waals surface area contributed by atoms with Crippen LogP contribution in [0.15, 0.2) is 59.5 Å². The Labute approximate surface area is 181 Å². The van der Waals surface area contributed by atoms with Crippen LogP contribution in [-0.4, -0.2) is 55.9 Å². The van der Waals surface area contributed by atoms with Crippen LogP contribution < -0.4 is 10.1 Å². The maximum absolute atomic E-state index is 12.6. The number of alkyl halides is 3. The average molecular weight is 465 g/mol. The molecule has 0 saturated carbocycles. The molecule has 2 heterocycles. The topological polar surface area (TPSA) is 88.6 Å². The number of halogens is 3. The lowest BCUT2D eigenvalue weighted by Crippen LogP contribution is -2.46. The van der Waals surface area contributed by atoms with Crippen LogP contribution in [-0.2, 0) is 9.84 Å². The van der Waals surface area contributed by atoms with Gasteiger partial charge in [0.05, 0.1) is 10.4 Å². The van der Waals surface area contributed by atoms with Gasteiger partial charge in [0.2, 0.25) is 0 Å². The molecule has 1 aromatic heterocycles. The molecule has 0 radical (unpaired) electrons. The second kappa shape index (κ2) is 8.40. The number of piperazine rings is 1. The van der Waals surface area contributed by atoms with Crippen LogP contribution in [0.1, 0.15) is 10.5 Å². The van der Waals surface area contributed by atoms with E-state index in [1.807, 2.05) is 0 Å². The van der Waals surface area contributed by atoms with Crippen molar-refractivity contribution in [1.82, 2.24) is 15.2 Å². The van der Waals surface area contributed by atoms with Gasteiger partial charge in [-0.15, -0.1) is 0 Å². The molecule has 2 aromatic carbocycles. The van der Waals surface area contributed by atoms with Gasteiger partial charge in [-0.2, -0.15) is 13.2 Å². The molecule has 1 aliphatic rings. The molecule has 1 fully saturated rings. The minimum Gasteiger partial charge on any atom is -0.457 e. The molecule has 1 amide bonds. The Morgan fingerprint density at radius 1 is 0.969 bits per heavy atom. The van der Waals surface area contributed by atoms with Crippen molar-refractivity contribution in [3.63, 3.8) is 0 Å². The van der Waals surface area contributed by atoms with E-state index in [-0.39, 0.29) is 11.7 Å². The summed E-state index contributed by atoms with van der Waals surface area (Å²) in [6.07, 6.45) is 0. The van der Waals surface area contributed by atoms with Gasteiger partial charge in [-0.05, 0) is 48.5 Å². The highest BCUT2D eigenvalue weighted by Gasteiger charge is 2.46. The molecule has 168 valence electrons. The molecular weight excluding hydrogens is 447 g/mol. The monoisotopic (exact) mass is 465 g/mol. The SMILES string of the molecule is O=C(c1ccc2cc(Oc3ccc(S(=O)(=O)C(F)(F)F)cc3)ccc2n1)N1CCNCC1. The molecule has 0 spiro atoms. The number of fused-ring (bicyclic) bond motifs is 1. The molecule has 1 aliphatic heterocycles. The summed E-state index contributed by atoms with van der Waals surface area (Å²) in [5, 5.41) is 3.89. The highest BCUT2D eigenvalue weighted by molar-refractivity contribution is 7.92. The summed E-state index contributed by atoms with van der Waals surface area (Å²) in [5.41, 5.74) is -4.44. The van der Waals surface area contributed by atoms with Crippen molar-refractivity contribution in [3.8, 4) is 11.5 Å². The molecule has 1 N–H and O–H groups in total. The van der Waals surface area contributed by atoms with E-state index in [1.54, 1.807) is 35.2 Å². The average Bonchev–Trinajstić information content (AvgIpc) is 2.78. The van der Waals surface area contributed by atoms with E-state index in [0.29, 0.717) is 35.4 Å². The molecule has 7 nitrogen and oxygen atoms in total. The predicted molar refractivity (Wildman–Crippen MR) is 110 cm³/mol. The zero-order valence-electron chi connectivity index (χ0n) is 16.6. The summed E-state index contributed by atoms with van der Waals surface area (Å²) in [4.78, 5) is 17.9. The van der Waals surface area contributed by atoms with Crippen LogP contribution in [0.4, 0.5) is 13.2 Å². The summed E-state index contributed by atoms with van der Waals surface area (Å²) in [6.45, 7) is 2.72. The third-order valence-electron chi connectivity index (χ3n) is 4.96. The Bertz CT molecular complexity index is 1260. The first-order valence-corrected chi connectivity index (χ1v) is 11.1. The number of rotatable bonds is 4. The van der Waals surface area contributed by atoms with Gasteiger partial charge in [0.1, 0.15) is 17.2 Å². The number of hydrogen-bond donors (Lipinski definition) is 1. The van der Waals surface area contributed by atoms with E-state index >= 15 is 0 Å². The quantitative estimate of drug-likeness (QED) is 0.636. The van der Waals surface area contributed by atoms with Gasteiger partial charge in [-0.1, -0.05) is 6.07 Å². The van der Waals surface area contributed by atoms with Gasteiger partial charge in [-0.25, -0.2) is 13.4 Å². The Balaban J connectivity index is 1.51. The van der Waals surface area contributed by atoms with E-state index in [1.165, 1.54) is 0 Å². The van der Waals surface area contributed by atoms with Crippen molar-refractivity contribution >= 4 is 26.6 Å². The standard InChI is InChI=1S/C21H18F3N3O4S/c22-21(23,24)32(29,30)17-5-2-15(3-6-17)31-16-4-8-18-14(13-16)1-7-19(26-18)20(28)27-11-9-25-10-12-27/h1-8,13,25H,9-12H2. The first-order chi connectivity index (χ1) is 15.1. The van der Waals surface area contributed by atoms with E-state index in [4.69, 9.17) is 4.74 Å². The maximum Gasteiger partial charge on any atom is 0.501 e. The van der Waals surface area contributed by atoms with Crippen LogP contribution in [0.2, 0.25) is 0 Å². The number of carbonyl (C=O) groups is 1. The Morgan fingerprint density at radius 2 is 1.62 bits per heavy atom. The fraction of sp³-hybridized carbons (Fsp3) is 0.238. The second-order valence-electron chi connectivity index (χ2n) is 7.12. The highest BCUT2D eigenvalue weighted by Crippen LogP contribution is 2.32. The van der Waals surface area contributed by atoms with E-state index in [2.05, 4.69) is 10.3 Å². The third-order valence-corrected chi connectivity index (χ3v) is 6.46. The predicted octanol–water partition coefficient (Wildman–Crippen LogP) is 3.37. The lowest BCUT2D eigenvalue weighted by molar-refractivity contribution is -0.0436. The highest BCUT2D eigenvalue weighted by atomic mass is 32.2. The van der Waals surface area contributed by atoms with Crippen LogP contribution in [0, 0.1) is 0 Å².